The highest BCUT2D eigenvalue weighted by atomic mass is 15.1. The standard InChI is InChI=1S/C16H24N4/c1-12(2)10-18-16(17)19-11-13-6-7-15-14(9-13)5-4-8-20(15)3/h6-7,9H,1,4-5,8,10-11H2,2-3H3,(H3,17,18,19). The number of nitrogens with two attached hydrogens (primary N) is 1. The number of fused-ring (bicyclic) bond motifs is 1. The third kappa shape index (κ3) is 3.76. The molecule has 0 saturated carbocycles. The third-order valence-corrected chi connectivity index (χ3v) is 3.50. The van der Waals surface area contributed by atoms with Crippen LogP contribution in [-0.2, 0) is 13.0 Å². The summed E-state index contributed by atoms with van der Waals surface area (Å²) in [4.78, 5) is 6.68. The van der Waals surface area contributed by atoms with Crippen LogP contribution in [-0.4, -0.2) is 26.1 Å². The summed E-state index contributed by atoms with van der Waals surface area (Å²) in [5.74, 6) is 0.475. The maximum Gasteiger partial charge on any atom is 0.189 e. The zero-order valence-corrected chi connectivity index (χ0v) is 12.4. The number of aryl methyl sites for hydroxylation is 1. The molecule has 0 bridgehead atoms. The molecular formula is C16H24N4. The molecule has 2 rings (SSSR count). The first kappa shape index (κ1) is 14.4. The van der Waals surface area contributed by atoms with Crippen LogP contribution in [0.3, 0.4) is 0 Å². The van der Waals surface area contributed by atoms with E-state index in [1.165, 1.54) is 23.2 Å². The molecule has 3 N–H and O–H groups in total. The Bertz CT molecular complexity index is 519. The first-order valence-corrected chi connectivity index (χ1v) is 7.07. The van der Waals surface area contributed by atoms with Gasteiger partial charge in [0.25, 0.3) is 0 Å². The summed E-state index contributed by atoms with van der Waals surface area (Å²) in [6.07, 6.45) is 2.37. The van der Waals surface area contributed by atoms with Crippen LogP contribution in [0.1, 0.15) is 24.5 Å². The Kier molecular flexibility index (Phi) is 4.66. The third-order valence-electron chi connectivity index (χ3n) is 3.50. The Morgan fingerprint density at radius 1 is 1.50 bits per heavy atom. The lowest BCUT2D eigenvalue weighted by Gasteiger charge is -2.27. The second kappa shape index (κ2) is 6.46. The Labute approximate surface area is 121 Å². The van der Waals surface area contributed by atoms with Crippen LogP contribution in [0.4, 0.5) is 5.69 Å². The summed E-state index contributed by atoms with van der Waals surface area (Å²) in [5, 5.41) is 3.04. The van der Waals surface area contributed by atoms with Crippen LogP contribution in [0.15, 0.2) is 35.3 Å². The summed E-state index contributed by atoms with van der Waals surface area (Å²) in [6, 6.07) is 6.58. The zero-order valence-electron chi connectivity index (χ0n) is 12.4. The summed E-state index contributed by atoms with van der Waals surface area (Å²) in [7, 11) is 2.15. The van der Waals surface area contributed by atoms with E-state index in [0.29, 0.717) is 19.0 Å². The molecule has 0 aliphatic carbocycles. The molecule has 20 heavy (non-hydrogen) atoms. The molecule has 0 radical (unpaired) electrons. The topological polar surface area (TPSA) is 53.6 Å². The molecule has 0 saturated heterocycles. The minimum absolute atomic E-state index is 0.475. The molecule has 0 spiro atoms. The molecule has 4 heteroatoms. The second-order valence-electron chi connectivity index (χ2n) is 5.50. The van der Waals surface area contributed by atoms with Gasteiger partial charge in [0.05, 0.1) is 6.54 Å². The van der Waals surface area contributed by atoms with E-state index in [2.05, 4.69) is 47.0 Å². The lowest BCUT2D eigenvalue weighted by molar-refractivity contribution is 0.742. The van der Waals surface area contributed by atoms with Crippen LogP contribution in [0.25, 0.3) is 0 Å². The molecule has 0 amide bonds. The maximum absolute atomic E-state index is 5.82. The quantitative estimate of drug-likeness (QED) is 0.501. The molecule has 1 aromatic rings. The molecular weight excluding hydrogens is 248 g/mol. The molecule has 1 heterocycles. The van der Waals surface area contributed by atoms with Crippen molar-refractivity contribution in [2.24, 2.45) is 10.7 Å². The largest absolute Gasteiger partial charge is 0.374 e. The van der Waals surface area contributed by atoms with Crippen LogP contribution in [0.5, 0.6) is 0 Å². The number of nitrogens with zero attached hydrogens (tertiary/aromatic N) is 2. The van der Waals surface area contributed by atoms with Crippen molar-refractivity contribution in [2.45, 2.75) is 26.3 Å². The van der Waals surface area contributed by atoms with E-state index < -0.39 is 0 Å². The van der Waals surface area contributed by atoms with Gasteiger partial charge in [0.1, 0.15) is 0 Å². The summed E-state index contributed by atoms with van der Waals surface area (Å²) < 4.78 is 0. The normalized spacial score (nSPS) is 14.9. The number of nitrogens with one attached hydrogen (secondary N) is 1. The monoisotopic (exact) mass is 272 g/mol. The minimum atomic E-state index is 0.475. The summed E-state index contributed by atoms with van der Waals surface area (Å²) >= 11 is 0. The van der Waals surface area contributed by atoms with Crippen molar-refractivity contribution in [3.8, 4) is 0 Å². The van der Waals surface area contributed by atoms with Crippen LogP contribution in [0, 0.1) is 0 Å². The maximum atomic E-state index is 5.82. The molecule has 0 unspecified atom stereocenters. The number of guanidine groups is 1. The van der Waals surface area contributed by atoms with Gasteiger partial charge in [-0.1, -0.05) is 24.3 Å². The van der Waals surface area contributed by atoms with Gasteiger partial charge < -0.3 is 16.0 Å². The number of hydrogen-bond acceptors (Lipinski definition) is 2. The van der Waals surface area contributed by atoms with E-state index in [0.717, 1.165) is 18.5 Å². The summed E-state index contributed by atoms with van der Waals surface area (Å²) in [5.41, 5.74) is 10.8. The lowest BCUT2D eigenvalue weighted by Crippen LogP contribution is -2.32. The molecule has 108 valence electrons. The average Bonchev–Trinajstić information content (AvgIpc) is 2.43. The number of aliphatic imine (C=N–C) groups is 1. The van der Waals surface area contributed by atoms with Gasteiger partial charge in [0.2, 0.25) is 0 Å². The van der Waals surface area contributed by atoms with Crippen molar-refractivity contribution >= 4 is 11.6 Å². The van der Waals surface area contributed by atoms with Crippen LogP contribution < -0.4 is 16.0 Å². The van der Waals surface area contributed by atoms with E-state index in [4.69, 9.17) is 5.73 Å². The number of rotatable bonds is 4. The summed E-state index contributed by atoms with van der Waals surface area (Å²) in [6.45, 7) is 8.21. The lowest BCUT2D eigenvalue weighted by atomic mass is 10.00. The molecule has 0 aromatic heterocycles. The fraction of sp³-hybridized carbons (Fsp3) is 0.438. The van der Waals surface area contributed by atoms with Gasteiger partial charge in [-0.3, -0.25) is 0 Å². The average molecular weight is 272 g/mol. The predicted molar refractivity (Wildman–Crippen MR) is 86.2 cm³/mol. The van der Waals surface area contributed by atoms with E-state index in [1.807, 2.05) is 6.92 Å². The molecule has 1 aliphatic rings. The fourth-order valence-corrected chi connectivity index (χ4v) is 2.41. The van der Waals surface area contributed by atoms with Crippen molar-refractivity contribution in [3.63, 3.8) is 0 Å². The molecule has 0 fully saturated rings. The Hall–Kier alpha value is -1.97. The van der Waals surface area contributed by atoms with E-state index in [-0.39, 0.29) is 0 Å². The second-order valence-corrected chi connectivity index (χ2v) is 5.50. The fourth-order valence-electron chi connectivity index (χ4n) is 2.41. The van der Waals surface area contributed by atoms with Crippen molar-refractivity contribution in [1.29, 1.82) is 0 Å². The van der Waals surface area contributed by atoms with E-state index in [1.54, 1.807) is 0 Å². The highest BCUT2D eigenvalue weighted by Gasteiger charge is 2.13. The van der Waals surface area contributed by atoms with Crippen LogP contribution in [0.2, 0.25) is 0 Å². The van der Waals surface area contributed by atoms with Crippen molar-refractivity contribution in [1.82, 2.24) is 5.32 Å². The van der Waals surface area contributed by atoms with Crippen LogP contribution >= 0.6 is 0 Å². The predicted octanol–water partition coefficient (Wildman–Crippen LogP) is 2.05. The van der Waals surface area contributed by atoms with Gasteiger partial charge in [-0.05, 0) is 37.0 Å². The van der Waals surface area contributed by atoms with E-state index in [9.17, 15) is 0 Å². The van der Waals surface area contributed by atoms with Gasteiger partial charge in [0, 0.05) is 25.8 Å². The first-order chi connectivity index (χ1) is 9.56. The van der Waals surface area contributed by atoms with Gasteiger partial charge in [-0.2, -0.15) is 0 Å². The van der Waals surface area contributed by atoms with Gasteiger partial charge in [-0.15, -0.1) is 0 Å². The minimum Gasteiger partial charge on any atom is -0.374 e. The molecule has 1 aromatic carbocycles. The highest BCUT2D eigenvalue weighted by molar-refractivity contribution is 5.78. The number of benzene rings is 1. The SMILES string of the molecule is C=C(C)CNC(N)=NCc1ccc2c(c1)CCCN2C. The smallest absolute Gasteiger partial charge is 0.189 e. The number of hydrogen-bond donors (Lipinski definition) is 2. The van der Waals surface area contributed by atoms with Crippen molar-refractivity contribution < 1.29 is 0 Å². The van der Waals surface area contributed by atoms with Gasteiger partial charge >= 0.3 is 0 Å². The van der Waals surface area contributed by atoms with Gasteiger partial charge in [0.15, 0.2) is 5.96 Å². The highest BCUT2D eigenvalue weighted by Crippen LogP contribution is 2.26. The van der Waals surface area contributed by atoms with Gasteiger partial charge in [-0.25, -0.2) is 4.99 Å². The van der Waals surface area contributed by atoms with Crippen molar-refractivity contribution in [3.05, 3.63) is 41.5 Å². The van der Waals surface area contributed by atoms with E-state index >= 15 is 0 Å². The Balaban J connectivity index is 2.00. The zero-order chi connectivity index (χ0) is 14.5. The first-order valence-electron chi connectivity index (χ1n) is 7.07. The molecule has 1 aliphatic heterocycles. The molecule has 4 nitrogen and oxygen atoms in total. The Morgan fingerprint density at radius 2 is 2.30 bits per heavy atom. The number of anilines is 1. The molecule has 0 atom stereocenters. The Morgan fingerprint density at radius 3 is 3.05 bits per heavy atom. The van der Waals surface area contributed by atoms with Crippen molar-refractivity contribution in [2.75, 3.05) is 25.0 Å².